The van der Waals surface area contributed by atoms with Crippen LogP contribution >= 0.6 is 11.3 Å². The summed E-state index contributed by atoms with van der Waals surface area (Å²) in [5.74, 6) is 0. The van der Waals surface area contributed by atoms with Gasteiger partial charge in [0.1, 0.15) is 11.2 Å². The first-order valence-corrected chi connectivity index (χ1v) is 16.5. The first-order valence-electron chi connectivity index (χ1n) is 21.2. The number of anilines is 3. The van der Waals surface area contributed by atoms with Crippen molar-refractivity contribution in [1.29, 1.82) is 0 Å². The van der Waals surface area contributed by atoms with E-state index in [2.05, 4.69) is 0 Å². The van der Waals surface area contributed by atoms with Gasteiger partial charge in [-0.05, 0) is 88.2 Å². The van der Waals surface area contributed by atoms with Gasteiger partial charge in [0.15, 0.2) is 0 Å². The van der Waals surface area contributed by atoms with Gasteiger partial charge in [-0.25, -0.2) is 0 Å². The molecule has 0 saturated carbocycles. The molecule has 49 heavy (non-hydrogen) atoms. The molecule has 3 heteroatoms. The van der Waals surface area contributed by atoms with E-state index in [0.717, 1.165) is 38.6 Å². The van der Waals surface area contributed by atoms with Crippen LogP contribution in [0.25, 0.3) is 75.1 Å². The Balaban J connectivity index is 1.26. The third-order valence-electron chi connectivity index (χ3n) is 8.81. The highest BCUT2D eigenvalue weighted by atomic mass is 32.1. The van der Waals surface area contributed by atoms with Crippen LogP contribution in [0.4, 0.5) is 17.1 Å². The molecule has 2 heterocycles. The highest BCUT2D eigenvalue weighted by Gasteiger charge is 2.20. The molecule has 0 saturated heterocycles. The highest BCUT2D eigenvalue weighted by Crippen LogP contribution is 2.45. The fourth-order valence-corrected chi connectivity index (χ4v) is 7.43. The number of furan rings is 1. The van der Waals surface area contributed by atoms with Crippen LogP contribution in [0.1, 0.15) is 15.1 Å². The van der Waals surface area contributed by atoms with Crippen LogP contribution in [-0.2, 0) is 0 Å². The minimum absolute atomic E-state index is 0.00552. The summed E-state index contributed by atoms with van der Waals surface area (Å²) in [6, 6.07) is 29.6. The lowest BCUT2D eigenvalue weighted by molar-refractivity contribution is 0.672. The Labute approximate surface area is 303 Å². The van der Waals surface area contributed by atoms with Crippen molar-refractivity contribution < 1.29 is 19.5 Å². The molecule has 0 aliphatic rings. The number of benzene rings is 8. The predicted octanol–water partition coefficient (Wildman–Crippen LogP) is 13.9. The first-order chi connectivity index (χ1) is 28.9. The maximum absolute atomic E-state index is 9.62. The maximum Gasteiger partial charge on any atom is 0.143 e. The molecule has 0 aliphatic carbocycles. The van der Waals surface area contributed by atoms with Crippen molar-refractivity contribution in [2.24, 2.45) is 0 Å². The molecule has 0 N–H and O–H groups in total. The molecule has 0 aliphatic heterocycles. The number of rotatable bonds is 5. The molecule has 2 nitrogen and oxygen atoms in total. The fourth-order valence-electron chi connectivity index (χ4n) is 6.51. The van der Waals surface area contributed by atoms with Gasteiger partial charge < -0.3 is 9.32 Å². The van der Waals surface area contributed by atoms with E-state index >= 15 is 0 Å². The molecule has 0 fully saturated rings. The van der Waals surface area contributed by atoms with Gasteiger partial charge in [-0.1, -0.05) is 115 Å². The van der Waals surface area contributed by atoms with Crippen molar-refractivity contribution in [1.82, 2.24) is 0 Å². The zero-order valence-electron chi connectivity index (χ0n) is 36.7. The fraction of sp³-hybridized carbons (Fsp3) is 0. The monoisotopic (exact) mass is 654 g/mol. The second kappa shape index (κ2) is 11.2. The third kappa shape index (κ3) is 4.62. The molecule has 0 bridgehead atoms. The summed E-state index contributed by atoms with van der Waals surface area (Å²) < 4.78 is 106. The summed E-state index contributed by atoms with van der Waals surface area (Å²) in [6.45, 7) is 0. The normalized spacial score (nSPS) is 14.8. The van der Waals surface area contributed by atoms with Crippen LogP contribution in [0.5, 0.6) is 0 Å². The van der Waals surface area contributed by atoms with Crippen LogP contribution in [0.3, 0.4) is 0 Å². The summed E-state index contributed by atoms with van der Waals surface area (Å²) >= 11 is 0.882. The van der Waals surface area contributed by atoms with Crippen LogP contribution < -0.4 is 4.90 Å². The third-order valence-corrected chi connectivity index (χ3v) is 9.83. The number of fused-ring (bicyclic) bond motifs is 8. The number of hydrogen-bond acceptors (Lipinski definition) is 3. The lowest BCUT2D eigenvalue weighted by Crippen LogP contribution is -2.10. The van der Waals surface area contributed by atoms with Gasteiger partial charge in [0.25, 0.3) is 0 Å². The van der Waals surface area contributed by atoms with E-state index in [1.54, 1.807) is 4.90 Å². The smallest absolute Gasteiger partial charge is 0.143 e. The molecule has 10 aromatic rings. The molecule has 0 spiro atoms. The van der Waals surface area contributed by atoms with Crippen LogP contribution in [0.15, 0.2) is 180 Å². The Morgan fingerprint density at radius 1 is 0.490 bits per heavy atom. The van der Waals surface area contributed by atoms with E-state index in [9.17, 15) is 6.85 Å². The van der Waals surface area contributed by atoms with Crippen LogP contribution in [0, 0.1) is 0 Å². The van der Waals surface area contributed by atoms with Gasteiger partial charge in [0.2, 0.25) is 0 Å². The number of thiophene rings is 1. The second-order valence-electron chi connectivity index (χ2n) is 11.6. The molecular formula is C46H29NOS. The number of hydrogen-bond donors (Lipinski definition) is 0. The zero-order chi connectivity index (χ0) is 41.9. The standard InChI is InChI=1S/C46H29NOS/c1-2-9-30(10-3-1)31-17-23-35(24-18-31)47(41-14-8-15-42-45(41)39-27-21-33-11-4-5-12-37(33)46(39)48-42)36-25-19-32(20-26-36)34-22-28-44-40(29-34)38-13-6-7-16-43(38)49-44/h1-29H/i6D,7D,13D,16D,19D,20D,22D,25D,26D,28D,29D. The minimum Gasteiger partial charge on any atom is -0.455 e. The summed E-state index contributed by atoms with van der Waals surface area (Å²) in [5, 5.41) is 3.36. The zero-order valence-corrected chi connectivity index (χ0v) is 26.5. The maximum atomic E-state index is 9.62. The van der Waals surface area contributed by atoms with Gasteiger partial charge in [-0.15, -0.1) is 11.3 Å². The lowest BCUT2D eigenvalue weighted by atomic mass is 10.0. The van der Waals surface area contributed by atoms with Gasteiger partial charge >= 0.3 is 0 Å². The second-order valence-corrected chi connectivity index (χ2v) is 12.7. The molecule has 2 aromatic heterocycles. The molecule has 0 amide bonds. The predicted molar refractivity (Wildman–Crippen MR) is 210 cm³/mol. The first kappa shape index (κ1) is 19.0. The molecule has 0 radical (unpaired) electrons. The summed E-state index contributed by atoms with van der Waals surface area (Å²) in [4.78, 5) is 1.68. The van der Waals surface area contributed by atoms with E-state index in [1.807, 2.05) is 109 Å². The molecular weight excluding hydrogens is 615 g/mol. The Kier molecular flexibility index (Phi) is 4.35. The molecule has 0 unspecified atom stereocenters. The Bertz CT molecular complexity index is 3430. The summed E-state index contributed by atoms with van der Waals surface area (Å²) in [5.41, 5.74) is 3.37. The van der Waals surface area contributed by atoms with Gasteiger partial charge in [-0.2, -0.15) is 0 Å². The van der Waals surface area contributed by atoms with Crippen molar-refractivity contribution in [3.63, 3.8) is 0 Å². The Hall–Kier alpha value is -6.16. The molecule has 8 aromatic carbocycles. The highest BCUT2D eigenvalue weighted by molar-refractivity contribution is 7.25. The quantitative estimate of drug-likeness (QED) is 0.184. The largest absolute Gasteiger partial charge is 0.455 e. The average molecular weight is 655 g/mol. The Morgan fingerprint density at radius 3 is 2.12 bits per heavy atom. The van der Waals surface area contributed by atoms with Crippen LogP contribution in [0.2, 0.25) is 0 Å². The van der Waals surface area contributed by atoms with Crippen molar-refractivity contribution in [2.45, 2.75) is 0 Å². The molecule has 230 valence electrons. The average Bonchev–Trinajstić information content (AvgIpc) is 3.87. The van der Waals surface area contributed by atoms with E-state index in [-0.39, 0.29) is 49.1 Å². The van der Waals surface area contributed by atoms with Crippen molar-refractivity contribution in [3.8, 4) is 22.3 Å². The summed E-state index contributed by atoms with van der Waals surface area (Å²) in [6.07, 6.45) is 0. The Morgan fingerprint density at radius 2 is 1.24 bits per heavy atom. The van der Waals surface area contributed by atoms with Crippen LogP contribution in [-0.4, -0.2) is 0 Å². The van der Waals surface area contributed by atoms with E-state index < -0.39 is 54.4 Å². The minimum atomic E-state index is -0.547. The molecule has 0 atom stereocenters. The number of nitrogens with zero attached hydrogens (tertiary/aromatic N) is 1. The van der Waals surface area contributed by atoms with Crippen molar-refractivity contribution in [3.05, 3.63) is 176 Å². The van der Waals surface area contributed by atoms with E-state index in [0.29, 0.717) is 27.9 Å². The summed E-state index contributed by atoms with van der Waals surface area (Å²) in [7, 11) is 0. The van der Waals surface area contributed by atoms with Gasteiger partial charge in [0, 0.05) is 42.3 Å². The van der Waals surface area contributed by atoms with E-state index in [4.69, 9.17) is 12.6 Å². The SMILES string of the molecule is [2H]c1c([2H])c(N(c2ccc(-c3ccccc3)cc2)c2cccc3oc4c5ccccc5ccc4c23)c([2H])c([2H])c1-c1c([2H])c([2H])c2sc3c([2H])c([2H])c([2H])c([2H])c3c2c1[2H]. The topological polar surface area (TPSA) is 16.4 Å². The van der Waals surface area contributed by atoms with Crippen molar-refractivity contribution in [2.75, 3.05) is 4.90 Å². The van der Waals surface area contributed by atoms with E-state index in [1.165, 1.54) is 0 Å². The molecule has 10 rings (SSSR count). The lowest BCUT2D eigenvalue weighted by Gasteiger charge is -2.26. The van der Waals surface area contributed by atoms with Crippen molar-refractivity contribution >= 4 is 81.3 Å². The van der Waals surface area contributed by atoms with Gasteiger partial charge in [0.05, 0.1) is 26.2 Å². The van der Waals surface area contributed by atoms with Gasteiger partial charge in [-0.3, -0.25) is 0 Å².